The molecule has 0 spiro atoms. The van der Waals surface area contributed by atoms with E-state index in [1.54, 1.807) is 0 Å². The predicted octanol–water partition coefficient (Wildman–Crippen LogP) is 1.28. The van der Waals surface area contributed by atoms with E-state index in [1.165, 1.54) is 11.1 Å². The molecule has 1 fully saturated rings. The third-order valence-corrected chi connectivity index (χ3v) is 3.63. The SMILES string of the molecule is Cc1ccc(CC(=O)N(C)C2CNC2)cc1C. The lowest BCUT2D eigenvalue weighted by Gasteiger charge is -2.35. The monoisotopic (exact) mass is 232 g/mol. The lowest BCUT2D eigenvalue weighted by molar-refractivity contribution is -0.132. The van der Waals surface area contributed by atoms with Crippen LogP contribution in [0.1, 0.15) is 16.7 Å². The molecular formula is C14H20N2O. The standard InChI is InChI=1S/C14H20N2O/c1-10-4-5-12(6-11(10)2)7-14(17)16(3)13-8-15-9-13/h4-6,13,15H,7-9H2,1-3H3. The van der Waals surface area contributed by atoms with Crippen LogP contribution in [-0.4, -0.2) is 37.0 Å². The molecular weight excluding hydrogens is 212 g/mol. The van der Waals surface area contributed by atoms with Crippen LogP contribution >= 0.6 is 0 Å². The minimum atomic E-state index is 0.208. The lowest BCUT2D eigenvalue weighted by Crippen LogP contribution is -2.57. The molecule has 1 heterocycles. The minimum Gasteiger partial charge on any atom is -0.340 e. The van der Waals surface area contributed by atoms with Crippen molar-refractivity contribution >= 4 is 5.91 Å². The largest absolute Gasteiger partial charge is 0.340 e. The summed E-state index contributed by atoms with van der Waals surface area (Å²) in [5.41, 5.74) is 3.64. The minimum absolute atomic E-state index is 0.208. The van der Waals surface area contributed by atoms with Crippen LogP contribution in [0.3, 0.4) is 0 Å². The Labute approximate surface area is 103 Å². The zero-order valence-corrected chi connectivity index (χ0v) is 10.8. The Bertz CT molecular complexity index is 424. The molecule has 92 valence electrons. The van der Waals surface area contributed by atoms with E-state index in [9.17, 15) is 4.79 Å². The van der Waals surface area contributed by atoms with Gasteiger partial charge >= 0.3 is 0 Å². The molecule has 1 amide bonds. The molecule has 1 aromatic rings. The maximum atomic E-state index is 12.0. The first kappa shape index (κ1) is 12.1. The molecule has 1 aliphatic heterocycles. The summed E-state index contributed by atoms with van der Waals surface area (Å²) < 4.78 is 0. The van der Waals surface area contributed by atoms with Crippen molar-refractivity contribution in [3.8, 4) is 0 Å². The first-order valence-electron chi connectivity index (χ1n) is 6.10. The third-order valence-electron chi connectivity index (χ3n) is 3.63. The van der Waals surface area contributed by atoms with Gasteiger partial charge in [-0.2, -0.15) is 0 Å². The molecule has 0 bridgehead atoms. The van der Waals surface area contributed by atoms with E-state index in [0.717, 1.165) is 18.7 Å². The van der Waals surface area contributed by atoms with Crippen molar-refractivity contribution in [3.63, 3.8) is 0 Å². The highest BCUT2D eigenvalue weighted by Crippen LogP contribution is 2.12. The van der Waals surface area contributed by atoms with Crippen molar-refractivity contribution in [3.05, 3.63) is 34.9 Å². The maximum Gasteiger partial charge on any atom is 0.227 e. The van der Waals surface area contributed by atoms with Crippen LogP contribution in [0.15, 0.2) is 18.2 Å². The molecule has 1 aliphatic rings. The number of benzene rings is 1. The number of rotatable bonds is 3. The van der Waals surface area contributed by atoms with Crippen molar-refractivity contribution in [2.24, 2.45) is 0 Å². The first-order chi connectivity index (χ1) is 8.08. The Morgan fingerprint density at radius 2 is 2.06 bits per heavy atom. The van der Waals surface area contributed by atoms with Crippen LogP contribution in [0.2, 0.25) is 0 Å². The second-order valence-corrected chi connectivity index (χ2v) is 4.91. The van der Waals surface area contributed by atoms with Gasteiger partial charge in [0.1, 0.15) is 0 Å². The number of carbonyl (C=O) groups excluding carboxylic acids is 1. The van der Waals surface area contributed by atoms with Gasteiger partial charge in [0, 0.05) is 20.1 Å². The number of hydrogen-bond donors (Lipinski definition) is 1. The van der Waals surface area contributed by atoms with Crippen molar-refractivity contribution in [1.82, 2.24) is 10.2 Å². The summed E-state index contributed by atoms with van der Waals surface area (Å²) in [5, 5.41) is 3.18. The van der Waals surface area contributed by atoms with Gasteiger partial charge in [0.2, 0.25) is 5.91 Å². The number of hydrogen-bond acceptors (Lipinski definition) is 2. The quantitative estimate of drug-likeness (QED) is 0.851. The van der Waals surface area contributed by atoms with Gasteiger partial charge in [0.25, 0.3) is 0 Å². The molecule has 0 aliphatic carbocycles. The second kappa shape index (κ2) is 4.88. The van der Waals surface area contributed by atoms with Crippen LogP contribution in [0.5, 0.6) is 0 Å². The summed E-state index contributed by atoms with van der Waals surface area (Å²) in [6.45, 7) is 6.03. The number of nitrogens with one attached hydrogen (secondary N) is 1. The summed E-state index contributed by atoms with van der Waals surface area (Å²) in [5.74, 6) is 0.208. The Morgan fingerprint density at radius 1 is 1.35 bits per heavy atom. The fourth-order valence-corrected chi connectivity index (χ4v) is 1.96. The number of carbonyl (C=O) groups is 1. The molecule has 0 aromatic heterocycles. The Kier molecular flexibility index (Phi) is 3.48. The van der Waals surface area contributed by atoms with Crippen molar-refractivity contribution < 1.29 is 4.79 Å². The average molecular weight is 232 g/mol. The van der Waals surface area contributed by atoms with Gasteiger partial charge in [-0.15, -0.1) is 0 Å². The number of likely N-dealkylation sites (N-methyl/N-ethyl adjacent to an activating group) is 1. The molecule has 1 N–H and O–H groups in total. The van der Waals surface area contributed by atoms with Gasteiger partial charge in [-0.3, -0.25) is 4.79 Å². The third kappa shape index (κ3) is 2.67. The average Bonchev–Trinajstić information content (AvgIpc) is 2.21. The molecule has 0 saturated carbocycles. The van der Waals surface area contributed by atoms with E-state index < -0.39 is 0 Å². The highest BCUT2D eigenvalue weighted by atomic mass is 16.2. The number of nitrogens with zero attached hydrogens (tertiary/aromatic N) is 1. The topological polar surface area (TPSA) is 32.3 Å². The van der Waals surface area contributed by atoms with Gasteiger partial charge in [-0.1, -0.05) is 18.2 Å². The molecule has 3 heteroatoms. The molecule has 0 atom stereocenters. The van der Waals surface area contributed by atoms with Crippen LogP contribution in [0.4, 0.5) is 0 Å². The molecule has 1 aromatic carbocycles. The maximum absolute atomic E-state index is 12.0. The van der Waals surface area contributed by atoms with Crippen molar-refractivity contribution in [1.29, 1.82) is 0 Å². The Hall–Kier alpha value is -1.35. The fourth-order valence-electron chi connectivity index (χ4n) is 1.96. The van der Waals surface area contributed by atoms with E-state index in [0.29, 0.717) is 12.5 Å². The molecule has 0 unspecified atom stereocenters. The molecule has 3 nitrogen and oxygen atoms in total. The summed E-state index contributed by atoms with van der Waals surface area (Å²) in [7, 11) is 1.90. The van der Waals surface area contributed by atoms with E-state index in [1.807, 2.05) is 18.0 Å². The Balaban J connectivity index is 1.99. The van der Waals surface area contributed by atoms with Gasteiger partial charge < -0.3 is 10.2 Å². The molecule has 2 rings (SSSR count). The van der Waals surface area contributed by atoms with Gasteiger partial charge in [-0.05, 0) is 30.5 Å². The van der Waals surface area contributed by atoms with E-state index in [-0.39, 0.29) is 5.91 Å². The van der Waals surface area contributed by atoms with Crippen LogP contribution in [-0.2, 0) is 11.2 Å². The van der Waals surface area contributed by atoms with Crippen LogP contribution < -0.4 is 5.32 Å². The summed E-state index contributed by atoms with van der Waals surface area (Å²) >= 11 is 0. The second-order valence-electron chi connectivity index (χ2n) is 4.91. The van der Waals surface area contributed by atoms with E-state index in [2.05, 4.69) is 31.3 Å². The van der Waals surface area contributed by atoms with Crippen LogP contribution in [0.25, 0.3) is 0 Å². The predicted molar refractivity (Wildman–Crippen MR) is 69.0 cm³/mol. The zero-order chi connectivity index (χ0) is 12.4. The highest BCUT2D eigenvalue weighted by molar-refractivity contribution is 5.79. The molecule has 17 heavy (non-hydrogen) atoms. The normalized spacial score (nSPS) is 15.5. The number of amides is 1. The smallest absolute Gasteiger partial charge is 0.227 e. The number of aryl methyl sites for hydroxylation is 2. The highest BCUT2D eigenvalue weighted by Gasteiger charge is 2.24. The summed E-state index contributed by atoms with van der Waals surface area (Å²) in [6.07, 6.45) is 0.508. The van der Waals surface area contributed by atoms with Gasteiger partial charge in [0.05, 0.1) is 12.5 Å². The molecule has 1 saturated heterocycles. The fraction of sp³-hybridized carbons (Fsp3) is 0.500. The van der Waals surface area contributed by atoms with Crippen molar-refractivity contribution in [2.75, 3.05) is 20.1 Å². The van der Waals surface area contributed by atoms with E-state index >= 15 is 0 Å². The van der Waals surface area contributed by atoms with E-state index in [4.69, 9.17) is 0 Å². The summed E-state index contributed by atoms with van der Waals surface area (Å²) in [6, 6.07) is 6.63. The first-order valence-corrected chi connectivity index (χ1v) is 6.10. The summed E-state index contributed by atoms with van der Waals surface area (Å²) in [4.78, 5) is 13.9. The van der Waals surface area contributed by atoms with Gasteiger partial charge in [0.15, 0.2) is 0 Å². The molecule has 0 radical (unpaired) electrons. The zero-order valence-electron chi connectivity index (χ0n) is 10.8. The Morgan fingerprint density at radius 3 is 2.59 bits per heavy atom. The lowest BCUT2D eigenvalue weighted by atomic mass is 10.0. The van der Waals surface area contributed by atoms with Crippen LogP contribution in [0, 0.1) is 13.8 Å². The van der Waals surface area contributed by atoms with Crippen molar-refractivity contribution in [2.45, 2.75) is 26.3 Å². The van der Waals surface area contributed by atoms with Gasteiger partial charge in [-0.25, -0.2) is 0 Å².